The molecular formula is C13H19FO2. The van der Waals surface area contributed by atoms with Gasteiger partial charge < -0.3 is 9.84 Å². The Morgan fingerprint density at radius 1 is 1.44 bits per heavy atom. The minimum atomic E-state index is -0.244. The highest BCUT2D eigenvalue weighted by Gasteiger charge is 2.03. The van der Waals surface area contributed by atoms with Gasteiger partial charge in [0.25, 0.3) is 0 Å². The summed E-state index contributed by atoms with van der Waals surface area (Å²) in [6.45, 7) is 4.33. The normalized spacial score (nSPS) is 12.5. The number of halogens is 1. The van der Waals surface area contributed by atoms with Crippen molar-refractivity contribution in [2.75, 3.05) is 6.61 Å². The Hall–Kier alpha value is -1.09. The van der Waals surface area contributed by atoms with Gasteiger partial charge in [0.05, 0.1) is 12.7 Å². The zero-order chi connectivity index (χ0) is 12.0. The standard InChI is InChI=1S/C13H19FO2/c1-3-12(15)5-4-8-16-13-7-6-11(14)9-10(13)2/h6-7,9,12,15H,3-5,8H2,1-2H3. The molecule has 0 saturated heterocycles. The third-order valence-electron chi connectivity index (χ3n) is 2.55. The lowest BCUT2D eigenvalue weighted by Crippen LogP contribution is -2.07. The third-order valence-corrected chi connectivity index (χ3v) is 2.55. The number of aryl methyl sites for hydroxylation is 1. The van der Waals surface area contributed by atoms with Crippen molar-refractivity contribution < 1.29 is 14.2 Å². The van der Waals surface area contributed by atoms with Crippen LogP contribution in [0.15, 0.2) is 18.2 Å². The predicted octanol–water partition coefficient (Wildman–Crippen LogP) is 3.06. The summed E-state index contributed by atoms with van der Waals surface area (Å²) >= 11 is 0. The number of aliphatic hydroxyl groups is 1. The maximum absolute atomic E-state index is 12.8. The Morgan fingerprint density at radius 2 is 2.19 bits per heavy atom. The van der Waals surface area contributed by atoms with Crippen molar-refractivity contribution in [2.24, 2.45) is 0 Å². The van der Waals surface area contributed by atoms with E-state index in [1.165, 1.54) is 12.1 Å². The fourth-order valence-corrected chi connectivity index (χ4v) is 1.48. The number of rotatable bonds is 6. The van der Waals surface area contributed by atoms with Crippen LogP contribution < -0.4 is 4.74 Å². The molecule has 1 aromatic rings. The summed E-state index contributed by atoms with van der Waals surface area (Å²) in [5.41, 5.74) is 0.802. The molecule has 0 aliphatic rings. The molecule has 1 aromatic carbocycles. The largest absolute Gasteiger partial charge is 0.493 e. The molecule has 1 atom stereocenters. The molecule has 16 heavy (non-hydrogen) atoms. The Labute approximate surface area is 96.1 Å². The zero-order valence-corrected chi connectivity index (χ0v) is 9.87. The summed E-state index contributed by atoms with van der Waals surface area (Å²) in [6.07, 6.45) is 2.09. The van der Waals surface area contributed by atoms with Crippen LogP contribution in [0.2, 0.25) is 0 Å². The molecule has 2 nitrogen and oxygen atoms in total. The first-order valence-corrected chi connectivity index (χ1v) is 5.70. The number of benzene rings is 1. The second-order valence-corrected chi connectivity index (χ2v) is 3.96. The summed E-state index contributed by atoms with van der Waals surface area (Å²) in [4.78, 5) is 0. The van der Waals surface area contributed by atoms with E-state index >= 15 is 0 Å². The van der Waals surface area contributed by atoms with Crippen LogP contribution in [0.1, 0.15) is 31.7 Å². The van der Waals surface area contributed by atoms with Crippen molar-refractivity contribution >= 4 is 0 Å². The number of ether oxygens (including phenoxy) is 1. The second-order valence-electron chi connectivity index (χ2n) is 3.96. The van der Waals surface area contributed by atoms with Crippen LogP contribution in [0.25, 0.3) is 0 Å². The number of aliphatic hydroxyl groups excluding tert-OH is 1. The second kappa shape index (κ2) is 6.48. The SMILES string of the molecule is CCC(O)CCCOc1ccc(F)cc1C. The van der Waals surface area contributed by atoms with Crippen molar-refractivity contribution in [3.8, 4) is 5.75 Å². The van der Waals surface area contributed by atoms with Crippen LogP contribution in [0.5, 0.6) is 5.75 Å². The fourth-order valence-electron chi connectivity index (χ4n) is 1.48. The van der Waals surface area contributed by atoms with Gasteiger partial charge in [-0.15, -0.1) is 0 Å². The van der Waals surface area contributed by atoms with Crippen LogP contribution in [0.3, 0.4) is 0 Å². The highest BCUT2D eigenvalue weighted by atomic mass is 19.1. The van der Waals surface area contributed by atoms with Crippen LogP contribution in [0.4, 0.5) is 4.39 Å². The maximum Gasteiger partial charge on any atom is 0.123 e. The Bertz CT molecular complexity index is 326. The Kier molecular flexibility index (Phi) is 5.26. The average molecular weight is 226 g/mol. The molecule has 0 heterocycles. The molecule has 0 bridgehead atoms. The Morgan fingerprint density at radius 3 is 2.81 bits per heavy atom. The summed E-state index contributed by atoms with van der Waals surface area (Å²) in [5.74, 6) is 0.471. The molecule has 0 fully saturated rings. The van der Waals surface area contributed by atoms with Gasteiger partial charge in [0, 0.05) is 0 Å². The van der Waals surface area contributed by atoms with Gasteiger partial charge in [-0.05, 0) is 49.9 Å². The quantitative estimate of drug-likeness (QED) is 0.755. The van der Waals surface area contributed by atoms with Gasteiger partial charge in [0.15, 0.2) is 0 Å². The highest BCUT2D eigenvalue weighted by molar-refractivity contribution is 5.32. The lowest BCUT2D eigenvalue weighted by molar-refractivity contribution is 0.148. The maximum atomic E-state index is 12.8. The molecule has 3 heteroatoms. The van der Waals surface area contributed by atoms with E-state index in [1.807, 2.05) is 13.8 Å². The molecule has 0 radical (unpaired) electrons. The Balaban J connectivity index is 2.32. The van der Waals surface area contributed by atoms with Crippen LogP contribution >= 0.6 is 0 Å². The minimum Gasteiger partial charge on any atom is -0.493 e. The molecule has 0 aromatic heterocycles. The van der Waals surface area contributed by atoms with Gasteiger partial charge in [-0.1, -0.05) is 6.92 Å². The third kappa shape index (κ3) is 4.19. The smallest absolute Gasteiger partial charge is 0.123 e. The monoisotopic (exact) mass is 226 g/mol. The molecule has 0 spiro atoms. The van der Waals surface area contributed by atoms with E-state index in [4.69, 9.17) is 4.74 Å². The highest BCUT2D eigenvalue weighted by Crippen LogP contribution is 2.18. The molecule has 0 aliphatic carbocycles. The average Bonchev–Trinajstić information content (AvgIpc) is 2.26. The van der Waals surface area contributed by atoms with E-state index < -0.39 is 0 Å². The first-order valence-electron chi connectivity index (χ1n) is 5.70. The van der Waals surface area contributed by atoms with Crippen molar-refractivity contribution in [2.45, 2.75) is 39.2 Å². The molecular weight excluding hydrogens is 207 g/mol. The van der Waals surface area contributed by atoms with Crippen LogP contribution in [-0.2, 0) is 0 Å². The lowest BCUT2D eigenvalue weighted by Gasteiger charge is -2.10. The van der Waals surface area contributed by atoms with Crippen molar-refractivity contribution in [3.63, 3.8) is 0 Å². The molecule has 0 amide bonds. The lowest BCUT2D eigenvalue weighted by atomic mass is 10.1. The summed E-state index contributed by atoms with van der Waals surface area (Å²) in [7, 11) is 0. The predicted molar refractivity (Wildman–Crippen MR) is 62.2 cm³/mol. The van der Waals surface area contributed by atoms with Gasteiger partial charge in [0.2, 0.25) is 0 Å². The minimum absolute atomic E-state index is 0.238. The van der Waals surface area contributed by atoms with Crippen molar-refractivity contribution in [1.82, 2.24) is 0 Å². The number of hydrogen-bond acceptors (Lipinski definition) is 2. The van der Waals surface area contributed by atoms with Gasteiger partial charge in [-0.25, -0.2) is 4.39 Å². The van der Waals surface area contributed by atoms with Gasteiger partial charge in [-0.2, -0.15) is 0 Å². The molecule has 1 N–H and O–H groups in total. The van der Waals surface area contributed by atoms with E-state index in [-0.39, 0.29) is 11.9 Å². The van der Waals surface area contributed by atoms with E-state index in [9.17, 15) is 9.50 Å². The first kappa shape index (κ1) is 13.0. The van der Waals surface area contributed by atoms with E-state index in [1.54, 1.807) is 6.07 Å². The topological polar surface area (TPSA) is 29.5 Å². The van der Waals surface area contributed by atoms with Crippen molar-refractivity contribution in [1.29, 1.82) is 0 Å². The fraction of sp³-hybridized carbons (Fsp3) is 0.538. The van der Waals surface area contributed by atoms with E-state index in [0.717, 1.165) is 24.8 Å². The summed E-state index contributed by atoms with van der Waals surface area (Å²) in [6, 6.07) is 4.49. The van der Waals surface area contributed by atoms with Gasteiger partial charge in [-0.3, -0.25) is 0 Å². The van der Waals surface area contributed by atoms with E-state index in [0.29, 0.717) is 12.4 Å². The van der Waals surface area contributed by atoms with Crippen molar-refractivity contribution in [3.05, 3.63) is 29.6 Å². The van der Waals surface area contributed by atoms with Crippen LogP contribution in [-0.4, -0.2) is 17.8 Å². The molecule has 1 rings (SSSR count). The molecule has 90 valence electrons. The van der Waals surface area contributed by atoms with Gasteiger partial charge >= 0.3 is 0 Å². The van der Waals surface area contributed by atoms with Gasteiger partial charge in [0.1, 0.15) is 11.6 Å². The summed E-state index contributed by atoms with van der Waals surface area (Å²) in [5, 5.41) is 9.34. The number of hydrogen-bond donors (Lipinski definition) is 1. The summed E-state index contributed by atoms with van der Waals surface area (Å²) < 4.78 is 18.3. The van der Waals surface area contributed by atoms with Crippen LogP contribution in [0, 0.1) is 12.7 Å². The molecule has 0 aliphatic heterocycles. The zero-order valence-electron chi connectivity index (χ0n) is 9.87. The van der Waals surface area contributed by atoms with E-state index in [2.05, 4.69) is 0 Å². The molecule has 0 saturated carbocycles. The first-order chi connectivity index (χ1) is 7.63. The molecule has 1 unspecified atom stereocenters.